The molecule has 3 heterocycles. The quantitative estimate of drug-likeness (QED) is 0.751. The number of fused-ring (bicyclic) bond motifs is 6. The average molecular weight is 255 g/mol. The fraction of sp³-hybridized carbons (Fsp3) is 0.312. The molecule has 0 radical (unpaired) electrons. The van der Waals surface area contributed by atoms with Gasteiger partial charge in [-0.25, -0.2) is 0 Å². The third kappa shape index (κ3) is 2.44. The van der Waals surface area contributed by atoms with Crippen molar-refractivity contribution < 1.29 is 0 Å². The van der Waals surface area contributed by atoms with Crippen LogP contribution in [0.15, 0.2) is 53.7 Å². The van der Waals surface area contributed by atoms with Gasteiger partial charge >= 0.3 is 0 Å². The summed E-state index contributed by atoms with van der Waals surface area (Å²) in [4.78, 5) is 5.52. The molecule has 4 rings (SSSR count). The maximum absolute atomic E-state index is 4.13. The number of pyridine rings is 1. The lowest BCUT2D eigenvalue weighted by Crippen LogP contribution is -2.07. The Balaban J connectivity index is 2.01. The molecule has 2 heteroatoms. The lowest BCUT2D eigenvalue weighted by Gasteiger charge is -2.20. The summed E-state index contributed by atoms with van der Waals surface area (Å²) in [7, 11) is 0. The summed E-state index contributed by atoms with van der Waals surface area (Å²) in [6, 6.07) is 13.4. The van der Waals surface area contributed by atoms with Gasteiger partial charge in [0.2, 0.25) is 0 Å². The molecule has 0 spiro atoms. The first-order valence-corrected chi connectivity index (χ1v) is 7.44. The van der Waals surface area contributed by atoms with E-state index < -0.39 is 0 Å². The van der Waals surface area contributed by atoms with Gasteiger partial charge in [-0.15, -0.1) is 11.8 Å². The average Bonchev–Trinajstić information content (AvgIpc) is 2.55. The molecule has 0 saturated heterocycles. The van der Waals surface area contributed by atoms with Gasteiger partial charge in [0.05, 0.1) is 0 Å². The van der Waals surface area contributed by atoms with Crippen molar-refractivity contribution in [2.24, 2.45) is 5.92 Å². The van der Waals surface area contributed by atoms with Gasteiger partial charge < -0.3 is 0 Å². The molecule has 1 aromatic carbocycles. The molecule has 0 aliphatic carbocycles. The maximum atomic E-state index is 4.13. The molecule has 18 heavy (non-hydrogen) atoms. The van der Waals surface area contributed by atoms with Crippen LogP contribution >= 0.6 is 11.8 Å². The number of aromatic nitrogens is 1. The number of benzene rings is 1. The summed E-state index contributed by atoms with van der Waals surface area (Å²) >= 11 is 1.97. The number of nitrogens with zero attached hydrogens (tertiary/aromatic N) is 1. The summed E-state index contributed by atoms with van der Waals surface area (Å²) < 4.78 is 0. The number of hydrogen-bond donors (Lipinski definition) is 0. The lowest BCUT2D eigenvalue weighted by atomic mass is 9.85. The molecule has 92 valence electrons. The van der Waals surface area contributed by atoms with Gasteiger partial charge in [0, 0.05) is 29.0 Å². The van der Waals surface area contributed by atoms with Crippen molar-refractivity contribution in [3.8, 4) is 0 Å². The number of rotatable bonds is 1. The molecule has 2 aliphatic heterocycles. The Kier molecular flexibility index (Phi) is 3.37. The Morgan fingerprint density at radius 2 is 1.67 bits per heavy atom. The second kappa shape index (κ2) is 5.15. The molecule has 2 aromatic rings. The molecule has 2 aliphatic rings. The minimum absolute atomic E-state index is 0.510. The number of thioether (sulfide) groups is 1. The fourth-order valence-corrected chi connectivity index (χ4v) is 3.51. The van der Waals surface area contributed by atoms with Crippen molar-refractivity contribution in [1.82, 2.24) is 4.98 Å². The Morgan fingerprint density at radius 3 is 2.39 bits per heavy atom. The molecular formula is C16H17NS. The molecule has 2 unspecified atom stereocenters. The highest BCUT2D eigenvalue weighted by Gasteiger charge is 2.19. The van der Waals surface area contributed by atoms with Gasteiger partial charge in [0.25, 0.3) is 0 Å². The van der Waals surface area contributed by atoms with E-state index in [-0.39, 0.29) is 0 Å². The third-order valence-corrected chi connectivity index (χ3v) is 4.90. The first-order valence-electron chi connectivity index (χ1n) is 6.45. The standard InChI is InChI=1S/C16H17NS/c1-12-10-16(14-6-8-17-9-7-14)13-2-4-15(5-3-13)18-11-12/h2-9,12,16H,10-11H2,1H3. The summed E-state index contributed by atoms with van der Waals surface area (Å²) in [5.41, 5.74) is 2.82. The van der Waals surface area contributed by atoms with Crippen LogP contribution in [0.1, 0.15) is 30.4 Å². The van der Waals surface area contributed by atoms with E-state index in [2.05, 4.69) is 48.3 Å². The SMILES string of the molecule is CC1CSc2ccc(cc2)C(c2ccncc2)C1. The molecule has 0 amide bonds. The van der Waals surface area contributed by atoms with Gasteiger partial charge in [-0.2, -0.15) is 0 Å². The van der Waals surface area contributed by atoms with Crippen molar-refractivity contribution in [2.75, 3.05) is 5.75 Å². The normalized spacial score (nSPS) is 23.2. The first-order chi connectivity index (χ1) is 8.83. The van der Waals surface area contributed by atoms with Crippen molar-refractivity contribution in [3.63, 3.8) is 0 Å². The summed E-state index contributed by atoms with van der Waals surface area (Å²) in [6.07, 6.45) is 5.01. The van der Waals surface area contributed by atoms with Crippen LogP contribution in [-0.4, -0.2) is 10.7 Å². The largest absolute Gasteiger partial charge is 0.265 e. The Bertz CT molecular complexity index is 506. The zero-order chi connectivity index (χ0) is 12.4. The van der Waals surface area contributed by atoms with Crippen molar-refractivity contribution in [1.29, 1.82) is 0 Å². The van der Waals surface area contributed by atoms with Crippen molar-refractivity contribution in [3.05, 3.63) is 59.9 Å². The van der Waals surface area contributed by atoms with Crippen LogP contribution in [0.2, 0.25) is 0 Å². The van der Waals surface area contributed by atoms with E-state index in [9.17, 15) is 0 Å². The monoisotopic (exact) mass is 255 g/mol. The Hall–Kier alpha value is -1.28. The lowest BCUT2D eigenvalue weighted by molar-refractivity contribution is 0.550. The predicted octanol–water partition coefficient (Wildman–Crippen LogP) is 4.35. The molecule has 1 aromatic heterocycles. The fourth-order valence-electron chi connectivity index (χ4n) is 2.57. The van der Waals surface area contributed by atoms with Gasteiger partial charge in [-0.1, -0.05) is 19.1 Å². The van der Waals surface area contributed by atoms with E-state index in [0.29, 0.717) is 5.92 Å². The van der Waals surface area contributed by atoms with Gasteiger partial charge in [-0.3, -0.25) is 4.98 Å². The highest BCUT2D eigenvalue weighted by molar-refractivity contribution is 7.99. The number of hydrogen-bond acceptors (Lipinski definition) is 2. The molecule has 0 saturated carbocycles. The third-order valence-electron chi connectivity index (χ3n) is 3.56. The van der Waals surface area contributed by atoms with Crippen LogP contribution in [0.5, 0.6) is 0 Å². The van der Waals surface area contributed by atoms with Crippen LogP contribution in [0.3, 0.4) is 0 Å². The Labute approximate surface area is 113 Å². The molecule has 0 fully saturated rings. The molecule has 0 N–H and O–H groups in total. The van der Waals surface area contributed by atoms with Gasteiger partial charge in [0.15, 0.2) is 0 Å². The smallest absolute Gasteiger partial charge is 0.0270 e. The molecule has 2 bridgehead atoms. The maximum Gasteiger partial charge on any atom is 0.0270 e. The Morgan fingerprint density at radius 1 is 1.00 bits per heavy atom. The second-order valence-electron chi connectivity index (χ2n) is 5.05. The highest BCUT2D eigenvalue weighted by atomic mass is 32.2. The molecule has 1 nitrogen and oxygen atoms in total. The van der Waals surface area contributed by atoms with Crippen molar-refractivity contribution >= 4 is 11.8 Å². The van der Waals surface area contributed by atoms with E-state index in [1.807, 2.05) is 24.2 Å². The summed E-state index contributed by atoms with van der Waals surface area (Å²) in [6.45, 7) is 2.35. The second-order valence-corrected chi connectivity index (χ2v) is 6.15. The first kappa shape index (κ1) is 11.8. The van der Waals surface area contributed by atoms with Crippen LogP contribution < -0.4 is 0 Å². The van der Waals surface area contributed by atoms with Crippen molar-refractivity contribution in [2.45, 2.75) is 24.2 Å². The molecule has 2 atom stereocenters. The van der Waals surface area contributed by atoms with Crippen LogP contribution in [-0.2, 0) is 0 Å². The van der Waals surface area contributed by atoms with Crippen LogP contribution in [0.25, 0.3) is 0 Å². The van der Waals surface area contributed by atoms with Crippen LogP contribution in [0, 0.1) is 5.92 Å². The predicted molar refractivity (Wildman–Crippen MR) is 77.0 cm³/mol. The summed E-state index contributed by atoms with van der Waals surface area (Å²) in [5, 5.41) is 0. The minimum Gasteiger partial charge on any atom is -0.265 e. The highest BCUT2D eigenvalue weighted by Crippen LogP contribution is 2.36. The van der Waals surface area contributed by atoms with Gasteiger partial charge in [-0.05, 0) is 47.7 Å². The minimum atomic E-state index is 0.510. The van der Waals surface area contributed by atoms with E-state index >= 15 is 0 Å². The zero-order valence-corrected chi connectivity index (χ0v) is 11.4. The van der Waals surface area contributed by atoms with Crippen LogP contribution in [0.4, 0.5) is 0 Å². The van der Waals surface area contributed by atoms with E-state index in [4.69, 9.17) is 0 Å². The van der Waals surface area contributed by atoms with E-state index in [1.165, 1.54) is 28.2 Å². The zero-order valence-electron chi connectivity index (χ0n) is 10.5. The van der Waals surface area contributed by atoms with E-state index in [0.717, 1.165) is 5.92 Å². The van der Waals surface area contributed by atoms with E-state index in [1.54, 1.807) is 0 Å². The summed E-state index contributed by atoms with van der Waals surface area (Å²) in [5.74, 6) is 2.45. The van der Waals surface area contributed by atoms with Gasteiger partial charge in [0.1, 0.15) is 0 Å². The molecular weight excluding hydrogens is 238 g/mol. The topological polar surface area (TPSA) is 12.9 Å².